The molecule has 0 aliphatic carbocycles. The number of ether oxygens (including phenoxy) is 1. The van der Waals surface area contributed by atoms with Gasteiger partial charge in [0, 0.05) is 0 Å². The summed E-state index contributed by atoms with van der Waals surface area (Å²) in [5, 5.41) is 36.0. The molecule has 0 bridgehead atoms. The van der Waals surface area contributed by atoms with Crippen LogP contribution >= 0.6 is 0 Å². The number of aliphatic hydroxyl groups excluding tert-OH is 4. The van der Waals surface area contributed by atoms with E-state index in [4.69, 9.17) is 20.4 Å². The molecule has 0 amide bonds. The fourth-order valence-electron chi connectivity index (χ4n) is 1.03. The van der Waals surface area contributed by atoms with Crippen LogP contribution in [0.2, 0.25) is 0 Å². The zero-order valence-electron chi connectivity index (χ0n) is 6.08. The van der Waals surface area contributed by atoms with Gasteiger partial charge in [0.15, 0.2) is 6.29 Å². The van der Waals surface area contributed by atoms with Gasteiger partial charge in [-0.1, -0.05) is 0 Å². The van der Waals surface area contributed by atoms with Crippen LogP contribution in [-0.2, 0) is 4.74 Å². The molecule has 0 spiro atoms. The van der Waals surface area contributed by atoms with E-state index in [2.05, 4.69) is 4.74 Å². The fourth-order valence-corrected chi connectivity index (χ4v) is 1.03. The third-order valence-electron chi connectivity index (χ3n) is 1.83. The zero-order chi connectivity index (χ0) is 8.59. The number of hydrogen-bond donors (Lipinski definition) is 4. The van der Waals surface area contributed by atoms with Crippen LogP contribution in [0.3, 0.4) is 0 Å². The van der Waals surface area contributed by atoms with Gasteiger partial charge in [0.1, 0.15) is 18.3 Å². The molecule has 5 heteroatoms. The molecule has 2 unspecified atom stereocenters. The topological polar surface area (TPSA) is 90.2 Å². The largest absolute Gasteiger partial charge is 0.388 e. The van der Waals surface area contributed by atoms with Gasteiger partial charge < -0.3 is 25.2 Å². The predicted octanol–water partition coefficient (Wildman–Crippen LogP) is -2.19. The third kappa shape index (κ3) is 1.52. The predicted molar refractivity (Wildman–Crippen MR) is 34.6 cm³/mol. The maximum Gasteiger partial charge on any atom is 0.183 e. The Labute approximate surface area is 63.8 Å². The minimum absolute atomic E-state index is 0.664. The standard InChI is InChI=1S/C6H12O5/c1-2-3(7)4(8)5(9)6(10)11-2/h2-10H,1H3/t2?,3-,4?,5-,6-/m1/s1. The van der Waals surface area contributed by atoms with Crippen LogP contribution in [0, 0.1) is 0 Å². The van der Waals surface area contributed by atoms with Crippen molar-refractivity contribution in [3.63, 3.8) is 0 Å². The highest BCUT2D eigenvalue weighted by atomic mass is 16.6. The SMILES string of the molecule is CC1O[C@@H](O)[C@H](O)C(O)[C@@H]1O. The molecule has 1 saturated heterocycles. The summed E-state index contributed by atoms with van der Waals surface area (Å²) >= 11 is 0. The molecule has 66 valence electrons. The summed E-state index contributed by atoms with van der Waals surface area (Å²) in [6.45, 7) is 1.50. The van der Waals surface area contributed by atoms with Gasteiger partial charge in [0.25, 0.3) is 0 Å². The molecule has 1 aliphatic rings. The van der Waals surface area contributed by atoms with Crippen molar-refractivity contribution in [2.24, 2.45) is 0 Å². The summed E-state index contributed by atoms with van der Waals surface area (Å²) < 4.78 is 4.68. The summed E-state index contributed by atoms with van der Waals surface area (Å²) in [4.78, 5) is 0. The molecule has 0 saturated carbocycles. The molecule has 1 heterocycles. The van der Waals surface area contributed by atoms with Crippen molar-refractivity contribution in [1.82, 2.24) is 0 Å². The van der Waals surface area contributed by atoms with Gasteiger partial charge >= 0.3 is 0 Å². The number of aliphatic hydroxyl groups is 4. The second-order valence-electron chi connectivity index (χ2n) is 2.70. The highest BCUT2D eigenvalue weighted by molar-refractivity contribution is 4.86. The molecule has 5 nitrogen and oxygen atoms in total. The second-order valence-corrected chi connectivity index (χ2v) is 2.70. The molecule has 1 rings (SSSR count). The van der Waals surface area contributed by atoms with E-state index in [-0.39, 0.29) is 0 Å². The van der Waals surface area contributed by atoms with Crippen LogP contribution < -0.4 is 0 Å². The van der Waals surface area contributed by atoms with Crippen molar-refractivity contribution >= 4 is 0 Å². The number of hydrogen-bond acceptors (Lipinski definition) is 5. The highest BCUT2D eigenvalue weighted by Crippen LogP contribution is 2.18. The van der Waals surface area contributed by atoms with E-state index in [0.29, 0.717) is 0 Å². The van der Waals surface area contributed by atoms with E-state index in [9.17, 15) is 0 Å². The van der Waals surface area contributed by atoms with Crippen LogP contribution in [0.1, 0.15) is 6.92 Å². The van der Waals surface area contributed by atoms with E-state index in [0.717, 1.165) is 0 Å². The van der Waals surface area contributed by atoms with Crippen LogP contribution in [0.5, 0.6) is 0 Å². The van der Waals surface area contributed by atoms with Crippen LogP contribution in [0.15, 0.2) is 0 Å². The Morgan fingerprint density at radius 3 is 2.00 bits per heavy atom. The Bertz CT molecular complexity index is 125. The van der Waals surface area contributed by atoms with Gasteiger partial charge in [-0.3, -0.25) is 0 Å². The van der Waals surface area contributed by atoms with E-state index < -0.39 is 30.7 Å². The van der Waals surface area contributed by atoms with Gasteiger partial charge in [0.05, 0.1) is 6.10 Å². The van der Waals surface area contributed by atoms with E-state index in [1.54, 1.807) is 0 Å². The number of rotatable bonds is 0. The van der Waals surface area contributed by atoms with Crippen LogP contribution in [0.4, 0.5) is 0 Å². The second kappa shape index (κ2) is 3.04. The highest BCUT2D eigenvalue weighted by Gasteiger charge is 2.40. The van der Waals surface area contributed by atoms with E-state index in [1.807, 2.05) is 0 Å². The summed E-state index contributed by atoms with van der Waals surface area (Å²) in [5.41, 5.74) is 0. The molecule has 0 aromatic heterocycles. The third-order valence-corrected chi connectivity index (χ3v) is 1.83. The summed E-state index contributed by atoms with van der Waals surface area (Å²) in [7, 11) is 0. The Morgan fingerprint density at radius 2 is 1.45 bits per heavy atom. The first-order valence-corrected chi connectivity index (χ1v) is 3.41. The monoisotopic (exact) mass is 164 g/mol. The molecule has 0 radical (unpaired) electrons. The Balaban J connectivity index is 2.63. The minimum atomic E-state index is -1.43. The summed E-state index contributed by atoms with van der Waals surface area (Å²) in [5.74, 6) is 0. The fraction of sp³-hybridized carbons (Fsp3) is 1.00. The van der Waals surface area contributed by atoms with Crippen molar-refractivity contribution in [2.75, 3.05) is 0 Å². The van der Waals surface area contributed by atoms with Gasteiger partial charge in [-0.05, 0) is 6.92 Å². The van der Waals surface area contributed by atoms with Crippen molar-refractivity contribution in [2.45, 2.75) is 37.6 Å². The molecule has 4 N–H and O–H groups in total. The first-order chi connectivity index (χ1) is 5.04. The first-order valence-electron chi connectivity index (χ1n) is 3.41. The molecule has 0 aromatic rings. The molecule has 1 aliphatic heterocycles. The molecule has 11 heavy (non-hydrogen) atoms. The summed E-state index contributed by atoms with van der Waals surface area (Å²) in [6.07, 6.45) is -5.99. The molecule has 1 fully saturated rings. The van der Waals surface area contributed by atoms with Gasteiger partial charge in [-0.2, -0.15) is 0 Å². The van der Waals surface area contributed by atoms with Crippen LogP contribution in [0.25, 0.3) is 0 Å². The lowest BCUT2D eigenvalue weighted by atomic mass is 10.0. The molecular weight excluding hydrogens is 152 g/mol. The van der Waals surface area contributed by atoms with Crippen molar-refractivity contribution < 1.29 is 25.2 Å². The average Bonchev–Trinajstić information content (AvgIpc) is 1.97. The maximum atomic E-state index is 9.09. The van der Waals surface area contributed by atoms with Crippen molar-refractivity contribution in [1.29, 1.82) is 0 Å². The molecule has 5 atom stereocenters. The Hall–Kier alpha value is -0.200. The van der Waals surface area contributed by atoms with Crippen molar-refractivity contribution in [3.8, 4) is 0 Å². The average molecular weight is 164 g/mol. The smallest absolute Gasteiger partial charge is 0.183 e. The summed E-state index contributed by atoms with van der Waals surface area (Å²) in [6, 6.07) is 0. The molecule has 0 aromatic carbocycles. The van der Waals surface area contributed by atoms with Gasteiger partial charge in [-0.15, -0.1) is 0 Å². The van der Waals surface area contributed by atoms with Gasteiger partial charge in [-0.25, -0.2) is 0 Å². The van der Waals surface area contributed by atoms with Crippen LogP contribution in [-0.4, -0.2) is 51.1 Å². The minimum Gasteiger partial charge on any atom is -0.388 e. The first kappa shape index (κ1) is 8.89. The lowest BCUT2D eigenvalue weighted by Crippen LogP contribution is -2.56. The Morgan fingerprint density at radius 1 is 0.909 bits per heavy atom. The molecular formula is C6H12O5. The lowest BCUT2D eigenvalue weighted by Gasteiger charge is -2.36. The Kier molecular flexibility index (Phi) is 2.46. The normalized spacial score (nSPS) is 52.6. The van der Waals surface area contributed by atoms with E-state index >= 15 is 0 Å². The van der Waals surface area contributed by atoms with Gasteiger partial charge in [0.2, 0.25) is 0 Å². The maximum absolute atomic E-state index is 9.09. The zero-order valence-corrected chi connectivity index (χ0v) is 6.08. The lowest BCUT2D eigenvalue weighted by molar-refractivity contribution is -0.277. The quantitative estimate of drug-likeness (QED) is 0.326. The van der Waals surface area contributed by atoms with E-state index in [1.165, 1.54) is 6.92 Å². The van der Waals surface area contributed by atoms with Crippen molar-refractivity contribution in [3.05, 3.63) is 0 Å².